The van der Waals surface area contributed by atoms with E-state index >= 15 is 0 Å². The molecule has 3 rings (SSSR count). The summed E-state index contributed by atoms with van der Waals surface area (Å²) in [5, 5.41) is 0.979. The molecule has 1 heterocycles. The van der Waals surface area contributed by atoms with Crippen LogP contribution in [0.5, 0.6) is 11.5 Å². The Morgan fingerprint density at radius 2 is 1.72 bits per heavy atom. The van der Waals surface area contributed by atoms with E-state index in [0.29, 0.717) is 18.1 Å². The second-order valence-corrected chi connectivity index (χ2v) is 5.96. The summed E-state index contributed by atoms with van der Waals surface area (Å²) in [5.74, 6) is 0.0449. The number of pyridine rings is 1. The first-order valence-electron chi connectivity index (χ1n) is 9.12. The maximum absolute atomic E-state index is 12.0. The number of rotatable bonds is 7. The van der Waals surface area contributed by atoms with E-state index in [1.807, 2.05) is 43.3 Å². The maximum Gasteiger partial charge on any atom is 0.276 e. The lowest BCUT2D eigenvalue weighted by Gasteiger charge is -2.11. The lowest BCUT2D eigenvalue weighted by Crippen LogP contribution is -2.43. The van der Waals surface area contributed by atoms with Gasteiger partial charge in [-0.05, 0) is 31.2 Å². The van der Waals surface area contributed by atoms with Crippen LogP contribution in [0.15, 0.2) is 66.9 Å². The van der Waals surface area contributed by atoms with Gasteiger partial charge in [0, 0.05) is 23.2 Å². The third-order valence-electron chi connectivity index (χ3n) is 3.91. The number of carbonyl (C=O) groups excluding carboxylic acids is 2. The highest BCUT2D eigenvalue weighted by Crippen LogP contribution is 2.26. The van der Waals surface area contributed by atoms with Crippen LogP contribution in [0.4, 0.5) is 0 Å². The molecule has 0 atom stereocenters. The van der Waals surface area contributed by atoms with Gasteiger partial charge >= 0.3 is 0 Å². The standard InChI is InChI=1S/C22H21N3O4/c1-2-28-18-10-3-4-11-19(18)29-15-21(27)25-24-20(26)13-12-17-8-5-7-16-9-6-14-23-22(16)17/h3-14H,2,15H2,1H3,(H,24,26)(H,25,27)/b13-12+. The van der Waals surface area contributed by atoms with Gasteiger partial charge in [0.25, 0.3) is 11.8 Å². The monoisotopic (exact) mass is 391 g/mol. The molecule has 0 radical (unpaired) electrons. The summed E-state index contributed by atoms with van der Waals surface area (Å²) in [7, 11) is 0. The summed E-state index contributed by atoms with van der Waals surface area (Å²) in [5.41, 5.74) is 6.23. The quantitative estimate of drug-likeness (QED) is 0.478. The highest BCUT2D eigenvalue weighted by molar-refractivity contribution is 5.96. The number of aromatic nitrogens is 1. The number of carbonyl (C=O) groups is 2. The highest BCUT2D eigenvalue weighted by Gasteiger charge is 2.08. The van der Waals surface area contributed by atoms with Crippen molar-refractivity contribution < 1.29 is 19.1 Å². The highest BCUT2D eigenvalue weighted by atomic mass is 16.5. The molecule has 0 aliphatic carbocycles. The van der Waals surface area contributed by atoms with Gasteiger partial charge in [-0.3, -0.25) is 25.4 Å². The van der Waals surface area contributed by atoms with Crippen molar-refractivity contribution in [3.63, 3.8) is 0 Å². The van der Waals surface area contributed by atoms with Crippen molar-refractivity contribution in [2.24, 2.45) is 0 Å². The van der Waals surface area contributed by atoms with Crippen LogP contribution in [0.25, 0.3) is 17.0 Å². The van der Waals surface area contributed by atoms with Gasteiger partial charge in [-0.25, -0.2) is 0 Å². The van der Waals surface area contributed by atoms with Crippen LogP contribution in [0.2, 0.25) is 0 Å². The molecule has 0 aliphatic heterocycles. The molecule has 29 heavy (non-hydrogen) atoms. The molecule has 0 bridgehead atoms. The molecular formula is C22H21N3O4. The molecule has 0 aliphatic rings. The average molecular weight is 391 g/mol. The lowest BCUT2D eigenvalue weighted by atomic mass is 10.1. The first-order chi connectivity index (χ1) is 14.2. The van der Waals surface area contributed by atoms with E-state index in [0.717, 1.165) is 16.5 Å². The van der Waals surface area contributed by atoms with Crippen LogP contribution < -0.4 is 20.3 Å². The Morgan fingerprint density at radius 3 is 2.52 bits per heavy atom. The summed E-state index contributed by atoms with van der Waals surface area (Å²) < 4.78 is 10.9. The molecule has 0 unspecified atom stereocenters. The molecule has 7 nitrogen and oxygen atoms in total. The zero-order valence-corrected chi connectivity index (χ0v) is 15.9. The number of hydrogen-bond donors (Lipinski definition) is 2. The number of nitrogens with one attached hydrogen (secondary N) is 2. The zero-order valence-electron chi connectivity index (χ0n) is 15.9. The molecule has 3 aromatic rings. The zero-order chi connectivity index (χ0) is 20.5. The third-order valence-corrected chi connectivity index (χ3v) is 3.91. The second kappa shape index (κ2) is 9.89. The van der Waals surface area contributed by atoms with Gasteiger partial charge in [0.05, 0.1) is 12.1 Å². The molecule has 1 aromatic heterocycles. The number of amides is 2. The Bertz CT molecular complexity index is 1030. The smallest absolute Gasteiger partial charge is 0.276 e. The Kier molecular flexibility index (Phi) is 6.78. The number of hydrazine groups is 1. The van der Waals surface area contributed by atoms with Crippen molar-refractivity contribution in [3.8, 4) is 11.5 Å². The molecule has 148 valence electrons. The van der Waals surface area contributed by atoms with Gasteiger partial charge < -0.3 is 9.47 Å². The fourth-order valence-corrected chi connectivity index (χ4v) is 2.62. The third kappa shape index (κ3) is 5.55. The molecule has 2 amide bonds. The Morgan fingerprint density at radius 1 is 0.966 bits per heavy atom. The van der Waals surface area contributed by atoms with Crippen molar-refractivity contribution in [1.82, 2.24) is 15.8 Å². The number of hydrogen-bond acceptors (Lipinski definition) is 5. The number of fused-ring (bicyclic) bond motifs is 1. The molecule has 7 heteroatoms. The van der Waals surface area contributed by atoms with Gasteiger partial charge in [0.15, 0.2) is 18.1 Å². The summed E-state index contributed by atoms with van der Waals surface area (Å²) in [6.07, 6.45) is 4.67. The summed E-state index contributed by atoms with van der Waals surface area (Å²) in [6.45, 7) is 2.09. The van der Waals surface area contributed by atoms with Crippen LogP contribution in [0.1, 0.15) is 12.5 Å². The summed E-state index contributed by atoms with van der Waals surface area (Å²) in [4.78, 5) is 28.2. The molecular weight excluding hydrogens is 370 g/mol. The fourth-order valence-electron chi connectivity index (χ4n) is 2.62. The van der Waals surface area contributed by atoms with Crippen molar-refractivity contribution >= 4 is 28.8 Å². The minimum atomic E-state index is -0.495. The van der Waals surface area contributed by atoms with E-state index in [1.54, 1.807) is 30.5 Å². The van der Waals surface area contributed by atoms with Crippen LogP contribution in [0.3, 0.4) is 0 Å². The largest absolute Gasteiger partial charge is 0.490 e. The number of para-hydroxylation sites is 3. The van der Waals surface area contributed by atoms with Gasteiger partial charge in [-0.1, -0.05) is 36.4 Å². The number of ether oxygens (including phenoxy) is 2. The molecule has 0 spiro atoms. The van der Waals surface area contributed by atoms with E-state index in [2.05, 4.69) is 15.8 Å². The first-order valence-corrected chi connectivity index (χ1v) is 9.12. The van der Waals surface area contributed by atoms with E-state index in [1.165, 1.54) is 6.08 Å². The predicted octanol–water partition coefficient (Wildman–Crippen LogP) is 2.87. The van der Waals surface area contributed by atoms with Crippen LogP contribution in [-0.4, -0.2) is 30.0 Å². The fraction of sp³-hybridized carbons (Fsp3) is 0.136. The second-order valence-electron chi connectivity index (χ2n) is 5.96. The number of nitrogens with zero attached hydrogens (tertiary/aromatic N) is 1. The van der Waals surface area contributed by atoms with Gasteiger partial charge in [0.1, 0.15) is 0 Å². The number of benzene rings is 2. The Balaban J connectivity index is 1.50. The summed E-state index contributed by atoms with van der Waals surface area (Å²) in [6, 6.07) is 16.6. The lowest BCUT2D eigenvalue weighted by molar-refractivity contribution is -0.128. The van der Waals surface area contributed by atoms with E-state index in [4.69, 9.17) is 9.47 Å². The first kappa shape index (κ1) is 19.9. The SMILES string of the molecule is CCOc1ccccc1OCC(=O)NNC(=O)/C=C/c1cccc2cccnc12. The Labute approximate surface area is 168 Å². The van der Waals surface area contributed by atoms with Crippen molar-refractivity contribution in [3.05, 3.63) is 72.4 Å². The predicted molar refractivity (Wildman–Crippen MR) is 110 cm³/mol. The summed E-state index contributed by atoms with van der Waals surface area (Å²) >= 11 is 0. The van der Waals surface area contributed by atoms with Crippen LogP contribution in [-0.2, 0) is 9.59 Å². The molecule has 2 aromatic carbocycles. The Hall–Kier alpha value is -3.87. The maximum atomic E-state index is 12.0. The molecule has 2 N–H and O–H groups in total. The minimum Gasteiger partial charge on any atom is -0.490 e. The minimum absolute atomic E-state index is 0.263. The van der Waals surface area contributed by atoms with E-state index in [9.17, 15) is 9.59 Å². The van der Waals surface area contributed by atoms with Gasteiger partial charge in [-0.2, -0.15) is 0 Å². The topological polar surface area (TPSA) is 89.5 Å². The molecule has 0 saturated carbocycles. The molecule has 0 fully saturated rings. The van der Waals surface area contributed by atoms with Crippen molar-refractivity contribution in [2.45, 2.75) is 6.92 Å². The van der Waals surface area contributed by atoms with Crippen molar-refractivity contribution in [1.29, 1.82) is 0 Å². The molecule has 0 saturated heterocycles. The normalized spacial score (nSPS) is 10.7. The average Bonchev–Trinajstić information content (AvgIpc) is 2.75. The van der Waals surface area contributed by atoms with Crippen molar-refractivity contribution in [2.75, 3.05) is 13.2 Å². The van der Waals surface area contributed by atoms with Gasteiger partial charge in [0.2, 0.25) is 0 Å². The van der Waals surface area contributed by atoms with E-state index in [-0.39, 0.29) is 6.61 Å². The van der Waals surface area contributed by atoms with E-state index < -0.39 is 11.8 Å². The van der Waals surface area contributed by atoms with Gasteiger partial charge in [-0.15, -0.1) is 0 Å². The van der Waals surface area contributed by atoms with Crippen LogP contribution >= 0.6 is 0 Å². The van der Waals surface area contributed by atoms with Crippen LogP contribution in [0, 0.1) is 0 Å².